The van der Waals surface area contributed by atoms with E-state index in [1.807, 2.05) is 35.5 Å². The van der Waals surface area contributed by atoms with Gasteiger partial charge in [0.25, 0.3) is 0 Å². The van der Waals surface area contributed by atoms with Crippen molar-refractivity contribution in [3.63, 3.8) is 0 Å². The van der Waals surface area contributed by atoms with Gasteiger partial charge in [0.05, 0.1) is 0 Å². The van der Waals surface area contributed by atoms with E-state index in [9.17, 15) is 0 Å². The highest BCUT2D eigenvalue weighted by molar-refractivity contribution is 5.25. The number of nitrogens with zero attached hydrogens (tertiary/aromatic N) is 4. The molecule has 2 rings (SSSR count). The first-order chi connectivity index (χ1) is 8.90. The number of nitrogens with one attached hydrogen (secondary N) is 1. The molecule has 5 nitrogen and oxygen atoms in total. The van der Waals surface area contributed by atoms with Gasteiger partial charge in [-0.2, -0.15) is 5.10 Å². The Morgan fingerprint density at radius 3 is 2.89 bits per heavy atom. The second-order valence-electron chi connectivity index (χ2n) is 4.35. The molecule has 2 aromatic heterocycles. The second-order valence-corrected chi connectivity index (χ2v) is 4.35. The topological polar surface area (TPSA) is 47.7 Å². The van der Waals surface area contributed by atoms with Gasteiger partial charge < -0.3 is 9.88 Å². The Bertz CT molecular complexity index is 432. The molecular weight excluding hydrogens is 226 g/mol. The van der Waals surface area contributed by atoms with Gasteiger partial charge in [-0.1, -0.05) is 13.3 Å². The van der Waals surface area contributed by atoms with Crippen molar-refractivity contribution in [2.45, 2.75) is 39.3 Å². The van der Waals surface area contributed by atoms with Crippen LogP contribution < -0.4 is 5.32 Å². The average Bonchev–Trinajstić information content (AvgIpc) is 3.03. The fourth-order valence-electron chi connectivity index (χ4n) is 1.86. The Labute approximate surface area is 108 Å². The minimum absolute atomic E-state index is 0.920. The summed E-state index contributed by atoms with van der Waals surface area (Å²) in [5, 5.41) is 7.55. The molecule has 2 aromatic rings. The van der Waals surface area contributed by atoms with Gasteiger partial charge in [0.2, 0.25) is 5.95 Å². The highest BCUT2D eigenvalue weighted by Gasteiger charge is 2.00. The molecule has 0 aliphatic carbocycles. The van der Waals surface area contributed by atoms with Gasteiger partial charge in [0, 0.05) is 44.4 Å². The van der Waals surface area contributed by atoms with E-state index in [-0.39, 0.29) is 0 Å². The molecule has 2 heterocycles. The van der Waals surface area contributed by atoms with Gasteiger partial charge in [0.15, 0.2) is 0 Å². The Morgan fingerprint density at radius 1 is 1.17 bits per heavy atom. The summed E-state index contributed by atoms with van der Waals surface area (Å²) in [6.07, 6.45) is 11.1. The molecule has 0 atom stereocenters. The Balaban J connectivity index is 1.71. The van der Waals surface area contributed by atoms with Crippen molar-refractivity contribution < 1.29 is 0 Å². The van der Waals surface area contributed by atoms with E-state index in [1.165, 1.54) is 12.8 Å². The van der Waals surface area contributed by atoms with Crippen molar-refractivity contribution in [1.82, 2.24) is 19.3 Å². The summed E-state index contributed by atoms with van der Waals surface area (Å²) >= 11 is 0. The van der Waals surface area contributed by atoms with Crippen molar-refractivity contribution in [3.8, 4) is 0 Å². The third kappa shape index (κ3) is 3.61. The van der Waals surface area contributed by atoms with Gasteiger partial charge in [-0.15, -0.1) is 0 Å². The van der Waals surface area contributed by atoms with Crippen molar-refractivity contribution >= 4 is 5.95 Å². The SMILES string of the molecule is CCCCn1ccnc1NCCCn1cccn1. The number of imidazole rings is 1. The van der Waals surface area contributed by atoms with Gasteiger partial charge in [-0.3, -0.25) is 4.68 Å². The summed E-state index contributed by atoms with van der Waals surface area (Å²) in [7, 11) is 0. The molecule has 18 heavy (non-hydrogen) atoms. The summed E-state index contributed by atoms with van der Waals surface area (Å²) in [6, 6.07) is 1.95. The van der Waals surface area contributed by atoms with E-state index in [0.717, 1.165) is 32.0 Å². The third-order valence-electron chi connectivity index (χ3n) is 2.87. The number of rotatable bonds is 8. The molecule has 0 spiro atoms. The van der Waals surface area contributed by atoms with Crippen molar-refractivity contribution in [3.05, 3.63) is 30.9 Å². The van der Waals surface area contributed by atoms with Gasteiger partial charge in [-0.25, -0.2) is 4.98 Å². The van der Waals surface area contributed by atoms with E-state index in [4.69, 9.17) is 0 Å². The van der Waals surface area contributed by atoms with Crippen LogP contribution in [0, 0.1) is 0 Å². The van der Waals surface area contributed by atoms with Gasteiger partial charge in [-0.05, 0) is 18.9 Å². The summed E-state index contributed by atoms with van der Waals surface area (Å²) in [6.45, 7) is 5.10. The molecule has 5 heteroatoms. The molecular formula is C13H21N5. The monoisotopic (exact) mass is 247 g/mol. The number of hydrogen-bond acceptors (Lipinski definition) is 3. The van der Waals surface area contributed by atoms with Crippen molar-refractivity contribution in [1.29, 1.82) is 0 Å². The highest BCUT2D eigenvalue weighted by Crippen LogP contribution is 2.06. The Kier molecular flexibility index (Phi) is 4.81. The van der Waals surface area contributed by atoms with E-state index < -0.39 is 0 Å². The van der Waals surface area contributed by atoms with Gasteiger partial charge >= 0.3 is 0 Å². The van der Waals surface area contributed by atoms with Crippen LogP contribution in [0.4, 0.5) is 5.95 Å². The summed E-state index contributed by atoms with van der Waals surface area (Å²) in [4.78, 5) is 4.33. The van der Waals surface area contributed by atoms with Gasteiger partial charge in [0.1, 0.15) is 0 Å². The lowest BCUT2D eigenvalue weighted by molar-refractivity contribution is 0.587. The minimum Gasteiger partial charge on any atom is -0.356 e. The molecule has 0 aliphatic rings. The second kappa shape index (κ2) is 6.83. The number of anilines is 1. The lowest BCUT2D eigenvalue weighted by Gasteiger charge is -2.09. The van der Waals surface area contributed by atoms with Crippen LogP contribution in [0.1, 0.15) is 26.2 Å². The quantitative estimate of drug-likeness (QED) is 0.729. The van der Waals surface area contributed by atoms with Crippen LogP contribution in [0.25, 0.3) is 0 Å². The number of hydrogen-bond donors (Lipinski definition) is 1. The standard InChI is InChI=1S/C13H21N5/c1-2-3-9-17-12-8-15-13(17)14-6-4-10-18-11-5-7-16-18/h5,7-8,11-12H,2-4,6,9-10H2,1H3,(H,14,15). The largest absolute Gasteiger partial charge is 0.356 e. The number of aryl methyl sites for hydroxylation is 2. The fraction of sp³-hybridized carbons (Fsp3) is 0.538. The van der Waals surface area contributed by atoms with Crippen molar-refractivity contribution in [2.75, 3.05) is 11.9 Å². The predicted molar refractivity (Wildman–Crippen MR) is 72.5 cm³/mol. The van der Waals surface area contributed by atoms with E-state index in [1.54, 1.807) is 0 Å². The van der Waals surface area contributed by atoms with Crippen LogP contribution in [0.2, 0.25) is 0 Å². The molecule has 98 valence electrons. The minimum atomic E-state index is 0.920. The van der Waals surface area contributed by atoms with E-state index in [2.05, 4.69) is 26.9 Å². The number of aromatic nitrogens is 4. The Hall–Kier alpha value is -1.78. The highest BCUT2D eigenvalue weighted by atomic mass is 15.3. The zero-order chi connectivity index (χ0) is 12.6. The first-order valence-electron chi connectivity index (χ1n) is 6.62. The molecule has 1 N–H and O–H groups in total. The third-order valence-corrected chi connectivity index (χ3v) is 2.87. The Morgan fingerprint density at radius 2 is 2.11 bits per heavy atom. The first-order valence-corrected chi connectivity index (χ1v) is 6.62. The molecule has 0 unspecified atom stereocenters. The molecule has 0 saturated carbocycles. The summed E-state index contributed by atoms with van der Waals surface area (Å²) < 4.78 is 4.13. The molecule has 0 aliphatic heterocycles. The average molecular weight is 247 g/mol. The number of unbranched alkanes of at least 4 members (excludes halogenated alkanes) is 1. The maximum absolute atomic E-state index is 4.33. The van der Waals surface area contributed by atoms with Crippen LogP contribution in [-0.2, 0) is 13.1 Å². The predicted octanol–water partition coefficient (Wildman–Crippen LogP) is 2.38. The maximum atomic E-state index is 4.33. The van der Waals surface area contributed by atoms with E-state index >= 15 is 0 Å². The first kappa shape index (κ1) is 12.7. The molecule has 0 bridgehead atoms. The molecule has 0 amide bonds. The van der Waals surface area contributed by atoms with E-state index in [0.29, 0.717) is 0 Å². The maximum Gasteiger partial charge on any atom is 0.202 e. The smallest absolute Gasteiger partial charge is 0.202 e. The molecule has 0 saturated heterocycles. The molecule has 0 radical (unpaired) electrons. The van der Waals surface area contributed by atoms with Crippen LogP contribution in [0.3, 0.4) is 0 Å². The van der Waals surface area contributed by atoms with Crippen LogP contribution >= 0.6 is 0 Å². The fourth-order valence-corrected chi connectivity index (χ4v) is 1.86. The summed E-state index contributed by atoms with van der Waals surface area (Å²) in [5.74, 6) is 0.976. The van der Waals surface area contributed by atoms with Crippen LogP contribution in [-0.4, -0.2) is 25.9 Å². The molecule has 0 aromatic carbocycles. The van der Waals surface area contributed by atoms with Crippen LogP contribution in [0.15, 0.2) is 30.9 Å². The lowest BCUT2D eigenvalue weighted by atomic mass is 10.3. The summed E-state index contributed by atoms with van der Waals surface area (Å²) in [5.41, 5.74) is 0. The zero-order valence-corrected chi connectivity index (χ0v) is 10.9. The van der Waals surface area contributed by atoms with Crippen molar-refractivity contribution in [2.24, 2.45) is 0 Å². The lowest BCUT2D eigenvalue weighted by Crippen LogP contribution is -2.11. The molecule has 0 fully saturated rings. The normalized spacial score (nSPS) is 10.7. The zero-order valence-electron chi connectivity index (χ0n) is 10.9. The van der Waals surface area contributed by atoms with Crippen LogP contribution in [0.5, 0.6) is 0 Å².